The summed E-state index contributed by atoms with van der Waals surface area (Å²) in [5.74, 6) is 1.40. The summed E-state index contributed by atoms with van der Waals surface area (Å²) < 4.78 is 43.7. The van der Waals surface area contributed by atoms with Gasteiger partial charge in [0.1, 0.15) is 17.5 Å². The highest BCUT2D eigenvalue weighted by Crippen LogP contribution is 2.36. The quantitative estimate of drug-likeness (QED) is 0.754. The summed E-state index contributed by atoms with van der Waals surface area (Å²) in [6, 6.07) is 5.19. The van der Waals surface area contributed by atoms with Gasteiger partial charge in [-0.1, -0.05) is 11.6 Å². The highest BCUT2D eigenvalue weighted by Gasteiger charge is 2.33. The zero-order chi connectivity index (χ0) is 17.7. The molecule has 0 aliphatic heterocycles. The van der Waals surface area contributed by atoms with Gasteiger partial charge in [-0.3, -0.25) is 0 Å². The molecule has 24 heavy (non-hydrogen) atoms. The van der Waals surface area contributed by atoms with Crippen molar-refractivity contribution in [2.45, 2.75) is 13.1 Å². The number of anilines is 3. The number of aromatic nitrogens is 2. The van der Waals surface area contributed by atoms with Crippen molar-refractivity contribution in [3.63, 3.8) is 0 Å². The average molecular weight is 361 g/mol. The fraction of sp³-hybridized carbons (Fsp3) is 0.333. The standard InChI is InChI=1S/C15H16ClF3N4O/c1-9-21-13(20-5-6-24-2)8-14(22-9)23-10-3-4-12(16)11(7-10)15(17,18)19/h3-4,7-8H,5-6H2,1-2H3,(H2,20,21,22,23). The highest BCUT2D eigenvalue weighted by atomic mass is 35.5. The first kappa shape index (κ1) is 18.3. The van der Waals surface area contributed by atoms with Crippen molar-refractivity contribution in [3.05, 3.63) is 40.7 Å². The van der Waals surface area contributed by atoms with Gasteiger partial charge in [0.05, 0.1) is 17.2 Å². The van der Waals surface area contributed by atoms with Crippen LogP contribution in [0.3, 0.4) is 0 Å². The number of aryl methyl sites for hydroxylation is 1. The van der Waals surface area contributed by atoms with Gasteiger partial charge in [-0.05, 0) is 25.1 Å². The minimum Gasteiger partial charge on any atom is -0.383 e. The summed E-state index contributed by atoms with van der Waals surface area (Å²) in [5.41, 5.74) is -0.675. The second-order valence-electron chi connectivity index (χ2n) is 4.92. The van der Waals surface area contributed by atoms with Gasteiger partial charge < -0.3 is 15.4 Å². The molecule has 0 fully saturated rings. The SMILES string of the molecule is COCCNc1cc(Nc2ccc(Cl)c(C(F)(F)F)c2)nc(C)n1. The number of nitrogens with zero attached hydrogens (tertiary/aromatic N) is 2. The first-order valence-corrected chi connectivity index (χ1v) is 7.39. The maximum atomic E-state index is 12.9. The molecule has 5 nitrogen and oxygen atoms in total. The normalized spacial score (nSPS) is 11.4. The molecule has 0 spiro atoms. The van der Waals surface area contributed by atoms with Crippen molar-refractivity contribution in [2.24, 2.45) is 0 Å². The van der Waals surface area contributed by atoms with Gasteiger partial charge in [-0.25, -0.2) is 9.97 Å². The van der Waals surface area contributed by atoms with Crippen LogP contribution < -0.4 is 10.6 Å². The van der Waals surface area contributed by atoms with Crippen LogP contribution in [0.25, 0.3) is 0 Å². The first-order valence-electron chi connectivity index (χ1n) is 7.02. The van der Waals surface area contributed by atoms with Crippen LogP contribution in [0.4, 0.5) is 30.5 Å². The minimum absolute atomic E-state index is 0.229. The minimum atomic E-state index is -4.52. The van der Waals surface area contributed by atoms with Crippen molar-refractivity contribution < 1.29 is 17.9 Å². The van der Waals surface area contributed by atoms with Gasteiger partial charge in [0.15, 0.2) is 0 Å². The van der Waals surface area contributed by atoms with Crippen molar-refractivity contribution >= 4 is 28.9 Å². The molecule has 0 saturated heterocycles. The van der Waals surface area contributed by atoms with Crippen molar-refractivity contribution in [1.82, 2.24) is 9.97 Å². The predicted octanol–water partition coefficient (Wildman–Crippen LogP) is 4.26. The highest BCUT2D eigenvalue weighted by molar-refractivity contribution is 6.31. The summed E-state index contributed by atoms with van der Waals surface area (Å²) in [6.07, 6.45) is -4.52. The van der Waals surface area contributed by atoms with Gasteiger partial charge >= 0.3 is 6.18 Å². The van der Waals surface area contributed by atoms with Gasteiger partial charge in [-0.15, -0.1) is 0 Å². The van der Waals surface area contributed by atoms with E-state index in [4.69, 9.17) is 16.3 Å². The van der Waals surface area contributed by atoms with E-state index in [2.05, 4.69) is 20.6 Å². The number of rotatable bonds is 6. The maximum absolute atomic E-state index is 12.9. The van der Waals surface area contributed by atoms with Gasteiger partial charge in [0, 0.05) is 25.4 Å². The second kappa shape index (κ2) is 7.67. The van der Waals surface area contributed by atoms with Crippen LogP contribution in [0.1, 0.15) is 11.4 Å². The number of methoxy groups -OCH3 is 1. The van der Waals surface area contributed by atoms with E-state index in [1.54, 1.807) is 20.1 Å². The fourth-order valence-electron chi connectivity index (χ4n) is 1.97. The molecule has 1 aromatic carbocycles. The largest absolute Gasteiger partial charge is 0.417 e. The smallest absolute Gasteiger partial charge is 0.383 e. The predicted molar refractivity (Wildman–Crippen MR) is 86.9 cm³/mol. The molecule has 0 saturated carbocycles. The van der Waals surface area contributed by atoms with Crippen LogP contribution in [-0.2, 0) is 10.9 Å². The second-order valence-corrected chi connectivity index (χ2v) is 5.33. The molecule has 2 rings (SSSR count). The summed E-state index contributed by atoms with van der Waals surface area (Å²) in [4.78, 5) is 8.36. The number of alkyl halides is 3. The number of nitrogens with one attached hydrogen (secondary N) is 2. The first-order chi connectivity index (χ1) is 11.3. The number of halogens is 4. The van der Waals surface area contributed by atoms with E-state index in [-0.39, 0.29) is 10.7 Å². The molecule has 9 heteroatoms. The zero-order valence-corrected chi connectivity index (χ0v) is 13.8. The monoisotopic (exact) mass is 360 g/mol. The molecule has 0 radical (unpaired) electrons. The molecule has 2 aromatic rings. The molecule has 0 unspecified atom stereocenters. The Labute approximate surface area is 142 Å². The summed E-state index contributed by atoms with van der Waals surface area (Å²) in [5, 5.41) is 5.52. The zero-order valence-electron chi connectivity index (χ0n) is 13.0. The van der Waals surface area contributed by atoms with E-state index in [1.165, 1.54) is 12.1 Å². The molecule has 0 aliphatic rings. The van der Waals surface area contributed by atoms with E-state index in [1.807, 2.05) is 0 Å². The Morgan fingerprint density at radius 1 is 1.17 bits per heavy atom. The lowest BCUT2D eigenvalue weighted by Crippen LogP contribution is -2.10. The number of hydrogen-bond donors (Lipinski definition) is 2. The number of ether oxygens (including phenoxy) is 1. The van der Waals surface area contributed by atoms with Crippen LogP contribution >= 0.6 is 11.6 Å². The van der Waals surface area contributed by atoms with E-state index in [0.717, 1.165) is 6.07 Å². The third-order valence-corrected chi connectivity index (χ3v) is 3.32. The Morgan fingerprint density at radius 2 is 1.88 bits per heavy atom. The van der Waals surface area contributed by atoms with Gasteiger partial charge in [0.25, 0.3) is 0 Å². The van der Waals surface area contributed by atoms with Crippen molar-refractivity contribution in [3.8, 4) is 0 Å². The topological polar surface area (TPSA) is 59.1 Å². The van der Waals surface area contributed by atoms with Crippen LogP contribution in [0, 0.1) is 6.92 Å². The Bertz CT molecular complexity index is 710. The molecule has 0 aliphatic carbocycles. The van der Waals surface area contributed by atoms with Crippen LogP contribution in [0.5, 0.6) is 0 Å². The van der Waals surface area contributed by atoms with E-state index < -0.39 is 11.7 Å². The third kappa shape index (κ3) is 4.97. The Morgan fingerprint density at radius 3 is 2.54 bits per heavy atom. The molecule has 1 aromatic heterocycles. The van der Waals surface area contributed by atoms with Crippen molar-refractivity contribution in [2.75, 3.05) is 30.9 Å². The Balaban J connectivity index is 2.22. The molecular formula is C15H16ClF3N4O. The molecule has 0 atom stereocenters. The van der Waals surface area contributed by atoms with Crippen LogP contribution in [0.15, 0.2) is 24.3 Å². The number of benzene rings is 1. The molecule has 0 bridgehead atoms. The van der Waals surface area contributed by atoms with E-state index in [0.29, 0.717) is 30.6 Å². The Hall–Kier alpha value is -2.06. The average Bonchev–Trinajstić information content (AvgIpc) is 2.48. The summed E-state index contributed by atoms with van der Waals surface area (Å²) in [7, 11) is 1.58. The molecule has 2 N–H and O–H groups in total. The third-order valence-electron chi connectivity index (χ3n) is 2.99. The molecule has 1 heterocycles. The Kier molecular flexibility index (Phi) is 5.84. The summed E-state index contributed by atoms with van der Waals surface area (Å²) >= 11 is 5.61. The van der Waals surface area contributed by atoms with E-state index >= 15 is 0 Å². The molecule has 0 amide bonds. The van der Waals surface area contributed by atoms with Crippen LogP contribution in [0.2, 0.25) is 5.02 Å². The molecular weight excluding hydrogens is 345 g/mol. The van der Waals surface area contributed by atoms with Gasteiger partial charge in [-0.2, -0.15) is 13.2 Å². The lowest BCUT2D eigenvalue weighted by atomic mass is 10.2. The lowest BCUT2D eigenvalue weighted by molar-refractivity contribution is -0.137. The van der Waals surface area contributed by atoms with E-state index in [9.17, 15) is 13.2 Å². The maximum Gasteiger partial charge on any atom is 0.417 e. The summed E-state index contributed by atoms with van der Waals surface area (Å²) in [6.45, 7) is 2.74. The van der Waals surface area contributed by atoms with Gasteiger partial charge in [0.2, 0.25) is 0 Å². The number of hydrogen-bond acceptors (Lipinski definition) is 5. The molecule has 130 valence electrons. The lowest BCUT2D eigenvalue weighted by Gasteiger charge is -2.13. The van der Waals surface area contributed by atoms with Crippen molar-refractivity contribution in [1.29, 1.82) is 0 Å². The fourth-order valence-corrected chi connectivity index (χ4v) is 2.20. The van der Waals surface area contributed by atoms with Crippen LogP contribution in [-0.4, -0.2) is 30.2 Å².